The van der Waals surface area contributed by atoms with Crippen LogP contribution in [0.2, 0.25) is 10.0 Å². The van der Waals surface area contributed by atoms with Crippen LogP contribution in [-0.2, 0) is 6.54 Å². The van der Waals surface area contributed by atoms with E-state index < -0.39 is 11.9 Å². The fourth-order valence-corrected chi connectivity index (χ4v) is 3.93. The Balaban J connectivity index is 1.38. The second kappa shape index (κ2) is 9.44. The lowest BCUT2D eigenvalue weighted by atomic mass is 10.1. The average Bonchev–Trinajstić information content (AvgIpc) is 3.35. The van der Waals surface area contributed by atoms with Gasteiger partial charge >= 0.3 is 6.03 Å². The molecule has 0 saturated heterocycles. The maximum Gasteiger partial charge on any atom is 0.342 e. The van der Waals surface area contributed by atoms with E-state index >= 15 is 0 Å². The number of nitrogens with one attached hydrogen (secondary N) is 2. The minimum Gasteiger partial charge on any atom is -0.507 e. The van der Waals surface area contributed by atoms with Gasteiger partial charge in [0.2, 0.25) is 5.76 Å². The maximum absolute atomic E-state index is 13.0. The Kier molecular flexibility index (Phi) is 6.19. The van der Waals surface area contributed by atoms with Gasteiger partial charge in [-0.15, -0.1) is 0 Å². The third-order valence-corrected chi connectivity index (χ3v) is 6.28. The topological polar surface area (TPSA) is 122 Å². The second-order valence-electron chi connectivity index (χ2n) is 8.11. The molecule has 1 fully saturated rings. The predicted molar refractivity (Wildman–Crippen MR) is 130 cm³/mol. The van der Waals surface area contributed by atoms with Gasteiger partial charge in [0.15, 0.2) is 0 Å². The number of hydrogen-bond donors (Lipinski definition) is 3. The molecule has 2 heterocycles. The van der Waals surface area contributed by atoms with Gasteiger partial charge in [-0.05, 0) is 54.8 Å². The molecule has 4 aromatic rings. The molecule has 178 valence electrons. The summed E-state index contributed by atoms with van der Waals surface area (Å²) in [6, 6.07) is 12.5. The first kappa shape index (κ1) is 22.9. The van der Waals surface area contributed by atoms with Crippen molar-refractivity contribution in [3.8, 4) is 17.0 Å². The summed E-state index contributed by atoms with van der Waals surface area (Å²) in [5.41, 5.74) is 2.75. The summed E-state index contributed by atoms with van der Waals surface area (Å²) in [6.45, 7) is 0.240. The van der Waals surface area contributed by atoms with Crippen LogP contribution in [0.4, 0.5) is 10.5 Å². The average molecular weight is 512 g/mol. The van der Waals surface area contributed by atoms with E-state index in [1.165, 1.54) is 23.0 Å². The molecular weight excluding hydrogens is 493 g/mol. The highest BCUT2D eigenvalue weighted by Gasteiger charge is 2.31. The number of amides is 2. The molecule has 11 heteroatoms. The van der Waals surface area contributed by atoms with Crippen molar-refractivity contribution in [1.29, 1.82) is 0 Å². The third-order valence-electron chi connectivity index (χ3n) is 5.54. The number of aromatic nitrogens is 3. The Hall–Kier alpha value is -3.82. The fourth-order valence-electron chi connectivity index (χ4n) is 3.61. The molecule has 0 atom stereocenters. The van der Waals surface area contributed by atoms with E-state index in [-0.39, 0.29) is 24.0 Å². The number of phenols is 1. The van der Waals surface area contributed by atoms with Crippen LogP contribution in [0.1, 0.15) is 40.6 Å². The van der Waals surface area contributed by atoms with Crippen LogP contribution in [0.25, 0.3) is 11.3 Å². The lowest BCUT2D eigenvalue weighted by molar-refractivity contribution is 0.0988. The van der Waals surface area contributed by atoms with Gasteiger partial charge in [0.05, 0.1) is 27.6 Å². The van der Waals surface area contributed by atoms with Gasteiger partial charge in [-0.1, -0.05) is 34.4 Å². The van der Waals surface area contributed by atoms with Crippen molar-refractivity contribution in [3.05, 3.63) is 81.8 Å². The zero-order valence-electron chi connectivity index (χ0n) is 18.2. The molecule has 0 spiro atoms. The van der Waals surface area contributed by atoms with Crippen LogP contribution in [0.15, 0.2) is 59.3 Å². The maximum atomic E-state index is 13.0. The molecule has 1 aliphatic carbocycles. The largest absolute Gasteiger partial charge is 0.507 e. The number of hydrogen-bond acceptors (Lipinski definition) is 6. The van der Waals surface area contributed by atoms with Crippen molar-refractivity contribution in [2.24, 2.45) is 0 Å². The van der Waals surface area contributed by atoms with Crippen LogP contribution in [0, 0.1) is 0 Å². The van der Waals surface area contributed by atoms with Gasteiger partial charge < -0.3 is 20.3 Å². The zero-order valence-corrected chi connectivity index (χ0v) is 19.7. The van der Waals surface area contributed by atoms with E-state index in [2.05, 4.69) is 20.9 Å². The third kappa shape index (κ3) is 5.01. The molecule has 5 rings (SSSR count). The fraction of sp³-hybridized carbons (Fsp3) is 0.167. The molecule has 35 heavy (non-hydrogen) atoms. The lowest BCUT2D eigenvalue weighted by Crippen LogP contribution is -2.30. The Labute approximate surface area is 209 Å². The quantitative estimate of drug-likeness (QED) is 0.296. The summed E-state index contributed by atoms with van der Waals surface area (Å²) in [7, 11) is 0. The van der Waals surface area contributed by atoms with Crippen LogP contribution < -0.4 is 10.6 Å². The molecule has 0 unspecified atom stereocenters. The molecule has 0 radical (unpaired) electrons. The lowest BCUT2D eigenvalue weighted by Gasteiger charge is -2.09. The number of phenolic OH excluding ortho intramolecular Hbond substituents is 1. The molecule has 1 saturated carbocycles. The number of benzene rings is 2. The molecule has 3 N–H and O–H groups in total. The molecule has 2 aromatic heterocycles. The van der Waals surface area contributed by atoms with E-state index in [1.807, 2.05) is 0 Å². The van der Waals surface area contributed by atoms with Crippen molar-refractivity contribution in [2.75, 3.05) is 5.32 Å². The highest BCUT2D eigenvalue weighted by Crippen LogP contribution is 2.42. The van der Waals surface area contributed by atoms with E-state index in [4.69, 9.17) is 27.7 Å². The Bertz CT molecular complexity index is 1410. The molecular formula is C24H19Cl2N5O4. The van der Waals surface area contributed by atoms with Crippen molar-refractivity contribution in [3.63, 3.8) is 0 Å². The van der Waals surface area contributed by atoms with Gasteiger partial charge in [0.25, 0.3) is 5.91 Å². The molecule has 0 aliphatic heterocycles. The van der Waals surface area contributed by atoms with Crippen molar-refractivity contribution in [1.82, 2.24) is 20.3 Å². The van der Waals surface area contributed by atoms with Crippen molar-refractivity contribution in [2.45, 2.75) is 25.3 Å². The molecule has 9 nitrogen and oxygen atoms in total. The van der Waals surface area contributed by atoms with E-state index in [9.17, 15) is 14.7 Å². The molecule has 0 bridgehead atoms. The minimum atomic E-state index is -0.481. The van der Waals surface area contributed by atoms with E-state index in [1.54, 1.807) is 36.4 Å². The van der Waals surface area contributed by atoms with Crippen LogP contribution in [0.5, 0.6) is 5.75 Å². The standard InChI is InChI=1S/C24H19Cl2N5O4/c25-17-5-1-13(9-18(17)26)12-27-24(34)31-20(14-2-3-14)11-19(30-31)16-10-15(4-6-21(16)32)29-23(33)22-7-8-28-35-22/h1,4-11,14,32H,2-3,12H2,(H,27,34)(H,29,33). The number of aromatic hydroxyl groups is 1. The minimum absolute atomic E-state index is 0.0362. The first-order valence-corrected chi connectivity index (χ1v) is 11.5. The smallest absolute Gasteiger partial charge is 0.342 e. The van der Waals surface area contributed by atoms with Crippen LogP contribution in [-0.4, -0.2) is 32.0 Å². The van der Waals surface area contributed by atoms with E-state index in [0.29, 0.717) is 27.0 Å². The van der Waals surface area contributed by atoms with Gasteiger partial charge in [-0.2, -0.15) is 9.78 Å². The number of halogens is 2. The normalized spacial score (nSPS) is 13.0. The summed E-state index contributed by atoms with van der Waals surface area (Å²) in [6.07, 6.45) is 3.27. The number of carbonyl (C=O) groups is 2. The van der Waals surface area contributed by atoms with Crippen molar-refractivity contribution < 1.29 is 19.2 Å². The highest BCUT2D eigenvalue weighted by molar-refractivity contribution is 6.42. The van der Waals surface area contributed by atoms with E-state index in [0.717, 1.165) is 24.1 Å². The number of nitrogens with zero attached hydrogens (tertiary/aromatic N) is 3. The summed E-state index contributed by atoms with van der Waals surface area (Å²) in [4.78, 5) is 25.3. The first-order chi connectivity index (χ1) is 16.9. The van der Waals surface area contributed by atoms with Gasteiger partial charge in [0.1, 0.15) is 5.75 Å². The molecule has 2 aromatic carbocycles. The second-order valence-corrected chi connectivity index (χ2v) is 8.92. The number of anilines is 1. The van der Waals surface area contributed by atoms with Gasteiger partial charge in [-0.3, -0.25) is 4.79 Å². The summed E-state index contributed by atoms with van der Waals surface area (Å²) in [5, 5.41) is 24.9. The van der Waals surface area contributed by atoms with Crippen LogP contribution >= 0.6 is 23.2 Å². The highest BCUT2D eigenvalue weighted by atomic mass is 35.5. The molecule has 1 aliphatic rings. The summed E-state index contributed by atoms with van der Waals surface area (Å²) < 4.78 is 6.19. The van der Waals surface area contributed by atoms with Gasteiger partial charge in [0, 0.05) is 29.8 Å². The Morgan fingerprint density at radius 3 is 2.63 bits per heavy atom. The SMILES string of the molecule is O=C(Nc1ccc(O)c(-c2cc(C3CC3)n(C(=O)NCc3ccc(Cl)c(Cl)c3)n2)c1)c1ccno1. The first-order valence-electron chi connectivity index (χ1n) is 10.8. The van der Waals surface area contributed by atoms with Crippen LogP contribution in [0.3, 0.4) is 0 Å². The van der Waals surface area contributed by atoms with Crippen molar-refractivity contribution >= 4 is 40.8 Å². The molecule has 2 amide bonds. The number of rotatable bonds is 6. The monoisotopic (exact) mass is 511 g/mol. The zero-order chi connectivity index (χ0) is 24.5. The Morgan fingerprint density at radius 2 is 1.91 bits per heavy atom. The Morgan fingerprint density at radius 1 is 1.09 bits per heavy atom. The predicted octanol–water partition coefficient (Wildman–Crippen LogP) is 5.44. The number of carbonyl (C=O) groups excluding carboxylic acids is 2. The summed E-state index contributed by atoms with van der Waals surface area (Å²) in [5.74, 6) is -0.252. The van der Waals surface area contributed by atoms with Gasteiger partial charge in [-0.25, -0.2) is 4.79 Å². The summed E-state index contributed by atoms with van der Waals surface area (Å²) >= 11 is 12.0.